The summed E-state index contributed by atoms with van der Waals surface area (Å²) in [7, 11) is -2.11. The molecule has 0 heterocycles. The first kappa shape index (κ1) is 26.6. The summed E-state index contributed by atoms with van der Waals surface area (Å²) in [5.74, 6) is 0. The van der Waals surface area contributed by atoms with Crippen molar-refractivity contribution in [2.75, 3.05) is 6.61 Å². The van der Waals surface area contributed by atoms with Gasteiger partial charge in [-0.05, 0) is 61.8 Å². The molecule has 0 amide bonds. The van der Waals surface area contributed by atoms with Crippen LogP contribution in [0.3, 0.4) is 0 Å². The Balaban J connectivity index is 0.000000350. The van der Waals surface area contributed by atoms with Crippen LogP contribution in [0.2, 0.25) is 0 Å². The molecule has 3 aromatic rings. The number of rotatable bonds is 5. The van der Waals surface area contributed by atoms with Crippen molar-refractivity contribution >= 4 is 8.60 Å². The quantitative estimate of drug-likeness (QED) is 0.223. The highest BCUT2D eigenvalue weighted by Crippen LogP contribution is 2.52. The molecule has 0 unspecified atom stereocenters. The lowest BCUT2D eigenvalue weighted by Crippen LogP contribution is -2.17. The van der Waals surface area contributed by atoms with Gasteiger partial charge in [-0.2, -0.15) is 0 Å². The first-order valence-corrected chi connectivity index (χ1v) is 13.3. The van der Waals surface area contributed by atoms with Gasteiger partial charge in [0.05, 0.1) is 6.61 Å². The second kappa shape index (κ2) is 10.7. The van der Waals surface area contributed by atoms with Crippen LogP contribution in [0.4, 0.5) is 0 Å². The van der Waals surface area contributed by atoms with Crippen molar-refractivity contribution in [1.82, 2.24) is 0 Å². The Bertz CT molecular complexity index is 1120. The third-order valence-electron chi connectivity index (χ3n) is 6.24. The molecule has 2 N–H and O–H groups in total. The molecule has 4 heteroatoms. The normalized spacial score (nSPS) is 12.4. The van der Waals surface area contributed by atoms with Gasteiger partial charge in [0, 0.05) is 0 Å². The highest BCUT2D eigenvalue weighted by Gasteiger charge is 2.28. The summed E-state index contributed by atoms with van der Waals surface area (Å²) in [4.78, 5) is 16.4. The van der Waals surface area contributed by atoms with Crippen molar-refractivity contribution in [3.63, 3.8) is 0 Å². The van der Waals surface area contributed by atoms with Crippen molar-refractivity contribution in [3.8, 4) is 33.4 Å². The van der Waals surface area contributed by atoms with Gasteiger partial charge in [0.1, 0.15) is 0 Å². The third-order valence-corrected chi connectivity index (χ3v) is 6.65. The Labute approximate surface area is 206 Å². The maximum absolute atomic E-state index is 8.18. The van der Waals surface area contributed by atoms with E-state index in [1.807, 2.05) is 6.92 Å². The number of hydrogen-bond acceptors (Lipinski definition) is 3. The summed E-state index contributed by atoms with van der Waals surface area (Å²) in [5, 5.41) is 0. The molecule has 182 valence electrons. The van der Waals surface area contributed by atoms with E-state index in [-0.39, 0.29) is 10.8 Å². The smallest absolute Gasteiger partial charge is 0.327 e. The van der Waals surface area contributed by atoms with Gasteiger partial charge in [-0.15, -0.1) is 0 Å². The van der Waals surface area contributed by atoms with E-state index >= 15 is 0 Å². The summed E-state index contributed by atoms with van der Waals surface area (Å²) in [6.07, 6.45) is 1.91. The SMILES string of the molecule is CC(C)(C)c1ccc(-c2cccc3c2-c2ccccc2-3)c(C(C)(C)C)c1.CCCCOP(O)O. The standard InChI is InChI=1S/C26H28.C4H11O3P/c1-25(2,3)17-14-15-19(23(16-17)26(4,5)6)22-13-9-12-21-18-10-7-8-11-20(18)24(21)22;1-2-3-4-7-8(5)6/h7-16H,1-6H3;5-6H,2-4H2,1H3. The van der Waals surface area contributed by atoms with Crippen molar-refractivity contribution in [2.24, 2.45) is 0 Å². The van der Waals surface area contributed by atoms with Gasteiger partial charge in [0.25, 0.3) is 0 Å². The molecule has 1 aliphatic rings. The second-order valence-electron chi connectivity index (χ2n) is 11.0. The zero-order chi connectivity index (χ0) is 25.1. The molecule has 0 radical (unpaired) electrons. The molecule has 0 aliphatic heterocycles. The van der Waals surface area contributed by atoms with Gasteiger partial charge in [-0.1, -0.05) is 116 Å². The van der Waals surface area contributed by atoms with Crippen LogP contribution in [0, 0.1) is 0 Å². The predicted octanol–water partition coefficient (Wildman–Crippen LogP) is 8.61. The Morgan fingerprint density at radius 3 is 1.85 bits per heavy atom. The average Bonchev–Trinajstić information content (AvgIpc) is 2.76. The number of hydrogen-bond donors (Lipinski definition) is 2. The van der Waals surface area contributed by atoms with Crippen LogP contribution in [-0.2, 0) is 15.4 Å². The minimum absolute atomic E-state index is 0.0998. The summed E-state index contributed by atoms with van der Waals surface area (Å²) in [6.45, 7) is 16.3. The molecular formula is C30H39O3P. The van der Waals surface area contributed by atoms with Crippen LogP contribution in [0.5, 0.6) is 0 Å². The minimum atomic E-state index is -2.11. The largest absolute Gasteiger partial charge is 0.328 e. The van der Waals surface area contributed by atoms with Gasteiger partial charge in [-0.25, -0.2) is 0 Å². The van der Waals surface area contributed by atoms with Crippen LogP contribution >= 0.6 is 8.60 Å². The third kappa shape index (κ3) is 5.96. The average molecular weight is 479 g/mol. The Kier molecular flexibility index (Phi) is 8.37. The number of fused-ring (bicyclic) bond motifs is 4. The number of unbranched alkanes of at least 4 members (excludes halogenated alkanes) is 1. The Morgan fingerprint density at radius 1 is 0.706 bits per heavy atom. The lowest BCUT2D eigenvalue weighted by Gasteiger charge is -2.31. The summed E-state index contributed by atoms with van der Waals surface area (Å²) in [5.41, 5.74) is 11.4. The molecular weight excluding hydrogens is 439 g/mol. The number of benzene rings is 3. The van der Waals surface area contributed by atoms with Gasteiger partial charge in [0.2, 0.25) is 0 Å². The minimum Gasteiger partial charge on any atom is -0.328 e. The van der Waals surface area contributed by atoms with Crippen LogP contribution in [-0.4, -0.2) is 16.4 Å². The monoisotopic (exact) mass is 478 g/mol. The van der Waals surface area contributed by atoms with E-state index in [1.54, 1.807) is 0 Å². The van der Waals surface area contributed by atoms with Gasteiger partial charge < -0.3 is 14.3 Å². The van der Waals surface area contributed by atoms with E-state index in [4.69, 9.17) is 9.79 Å². The van der Waals surface area contributed by atoms with Crippen molar-refractivity contribution in [2.45, 2.75) is 72.1 Å². The molecule has 3 nitrogen and oxygen atoms in total. The Morgan fingerprint density at radius 2 is 1.29 bits per heavy atom. The Hall–Kier alpha value is -2.03. The zero-order valence-electron chi connectivity index (χ0n) is 21.6. The summed E-state index contributed by atoms with van der Waals surface area (Å²) in [6, 6.07) is 22.6. The molecule has 34 heavy (non-hydrogen) atoms. The van der Waals surface area contributed by atoms with E-state index in [1.165, 1.54) is 44.5 Å². The van der Waals surface area contributed by atoms with E-state index in [2.05, 4.69) is 107 Å². The predicted molar refractivity (Wildman–Crippen MR) is 146 cm³/mol. The fraction of sp³-hybridized carbons (Fsp3) is 0.400. The first-order chi connectivity index (χ1) is 15.9. The molecule has 0 fully saturated rings. The molecule has 3 aromatic carbocycles. The van der Waals surface area contributed by atoms with Crippen LogP contribution in [0.1, 0.15) is 72.4 Å². The van der Waals surface area contributed by atoms with Crippen molar-refractivity contribution in [3.05, 3.63) is 71.8 Å². The van der Waals surface area contributed by atoms with Crippen LogP contribution in [0.15, 0.2) is 60.7 Å². The molecule has 0 atom stereocenters. The maximum Gasteiger partial charge on any atom is 0.327 e. The van der Waals surface area contributed by atoms with E-state index in [9.17, 15) is 0 Å². The first-order valence-electron chi connectivity index (χ1n) is 12.1. The summed E-state index contributed by atoms with van der Waals surface area (Å²) < 4.78 is 4.46. The zero-order valence-corrected chi connectivity index (χ0v) is 22.5. The highest BCUT2D eigenvalue weighted by atomic mass is 31.2. The molecule has 0 bridgehead atoms. The van der Waals surface area contributed by atoms with Gasteiger partial charge >= 0.3 is 8.60 Å². The maximum atomic E-state index is 8.18. The molecule has 0 spiro atoms. The van der Waals surface area contributed by atoms with Crippen molar-refractivity contribution < 1.29 is 14.3 Å². The molecule has 0 saturated carbocycles. The van der Waals surface area contributed by atoms with Crippen LogP contribution < -0.4 is 0 Å². The molecule has 0 aromatic heterocycles. The highest BCUT2D eigenvalue weighted by molar-refractivity contribution is 7.39. The molecule has 0 saturated heterocycles. The molecule has 4 rings (SSSR count). The lowest BCUT2D eigenvalue weighted by atomic mass is 9.72. The fourth-order valence-electron chi connectivity index (χ4n) is 4.32. The van der Waals surface area contributed by atoms with E-state index in [0.717, 1.165) is 12.8 Å². The van der Waals surface area contributed by atoms with E-state index in [0.29, 0.717) is 6.61 Å². The van der Waals surface area contributed by atoms with Crippen LogP contribution in [0.25, 0.3) is 33.4 Å². The topological polar surface area (TPSA) is 49.7 Å². The van der Waals surface area contributed by atoms with E-state index < -0.39 is 8.60 Å². The lowest BCUT2D eigenvalue weighted by molar-refractivity contribution is 0.251. The second-order valence-corrected chi connectivity index (χ2v) is 11.7. The fourth-order valence-corrected chi connectivity index (χ4v) is 4.61. The molecule has 1 aliphatic carbocycles. The van der Waals surface area contributed by atoms with Gasteiger partial charge in [-0.3, -0.25) is 0 Å². The summed E-state index contributed by atoms with van der Waals surface area (Å²) >= 11 is 0. The van der Waals surface area contributed by atoms with Gasteiger partial charge in [0.15, 0.2) is 0 Å². The van der Waals surface area contributed by atoms with Crippen molar-refractivity contribution in [1.29, 1.82) is 0 Å².